The van der Waals surface area contributed by atoms with E-state index in [1.165, 1.54) is 4.57 Å². The fraction of sp³-hybridized carbons (Fsp3) is 0.286. The average molecular weight is 411 g/mol. The number of carbonyl (C=O) groups excluding carboxylic acids is 1. The molecule has 1 N–H and O–H groups in total. The molecule has 4 rings (SSSR count). The molecule has 0 aliphatic carbocycles. The van der Waals surface area contributed by atoms with Crippen LogP contribution in [-0.2, 0) is 13.0 Å². The summed E-state index contributed by atoms with van der Waals surface area (Å²) in [5.41, 5.74) is 2.38. The van der Waals surface area contributed by atoms with Crippen molar-refractivity contribution in [2.75, 3.05) is 13.3 Å². The number of carbonyl (C=O) groups is 1. The van der Waals surface area contributed by atoms with E-state index in [-0.39, 0.29) is 23.8 Å². The largest absolute Gasteiger partial charge is 0.454 e. The minimum atomic E-state index is -0.360. The van der Waals surface area contributed by atoms with Gasteiger partial charge in [-0.1, -0.05) is 6.07 Å². The Morgan fingerprint density at radius 2 is 2.07 bits per heavy atom. The van der Waals surface area contributed by atoms with Gasteiger partial charge in [0.15, 0.2) is 11.5 Å². The average Bonchev–Trinajstić information content (AvgIpc) is 3.32. The van der Waals surface area contributed by atoms with Crippen LogP contribution in [0, 0.1) is 13.8 Å². The van der Waals surface area contributed by atoms with Crippen LogP contribution in [-0.4, -0.2) is 28.8 Å². The number of thiazole rings is 1. The second-order valence-electron chi connectivity index (χ2n) is 6.88. The summed E-state index contributed by atoms with van der Waals surface area (Å²) in [4.78, 5) is 30.0. The van der Waals surface area contributed by atoms with Crippen LogP contribution >= 0.6 is 11.3 Å². The maximum atomic E-state index is 12.9. The van der Waals surface area contributed by atoms with Crippen LogP contribution in [0.25, 0.3) is 0 Å². The van der Waals surface area contributed by atoms with E-state index in [0.717, 1.165) is 16.3 Å². The molecule has 0 spiro atoms. The van der Waals surface area contributed by atoms with E-state index in [4.69, 9.17) is 9.47 Å². The fourth-order valence-corrected chi connectivity index (χ4v) is 3.97. The zero-order valence-corrected chi connectivity index (χ0v) is 17.0. The Bertz CT molecular complexity index is 1120. The number of aromatic nitrogens is 2. The fourth-order valence-electron chi connectivity index (χ4n) is 3.19. The molecular weight excluding hydrogens is 390 g/mol. The van der Waals surface area contributed by atoms with Crippen molar-refractivity contribution in [2.24, 2.45) is 0 Å². The molecule has 2 aromatic heterocycles. The highest BCUT2D eigenvalue weighted by Gasteiger charge is 2.17. The number of ether oxygens (including phenoxy) is 2. The smallest absolute Gasteiger partial charge is 0.263 e. The minimum absolute atomic E-state index is 0.170. The van der Waals surface area contributed by atoms with Gasteiger partial charge in [-0.05, 0) is 43.2 Å². The van der Waals surface area contributed by atoms with Crippen LogP contribution in [0.15, 0.2) is 40.6 Å². The predicted molar refractivity (Wildman–Crippen MR) is 110 cm³/mol. The number of aryl methyl sites for hydroxylation is 2. The van der Waals surface area contributed by atoms with Crippen molar-refractivity contribution in [3.63, 3.8) is 0 Å². The molecule has 7 nitrogen and oxygen atoms in total. The summed E-state index contributed by atoms with van der Waals surface area (Å²) in [6.07, 6.45) is 2.35. The van der Waals surface area contributed by atoms with Gasteiger partial charge < -0.3 is 19.4 Å². The van der Waals surface area contributed by atoms with Crippen molar-refractivity contribution in [3.05, 3.63) is 73.6 Å². The number of nitrogens with one attached hydrogen (secondary N) is 1. The topological polar surface area (TPSA) is 82.5 Å². The van der Waals surface area contributed by atoms with Crippen LogP contribution in [0.2, 0.25) is 0 Å². The number of hydrogen-bond acceptors (Lipinski definition) is 6. The lowest BCUT2D eigenvalue weighted by Crippen LogP contribution is -2.35. The Labute approximate surface area is 171 Å². The van der Waals surface area contributed by atoms with E-state index in [9.17, 15) is 9.59 Å². The van der Waals surface area contributed by atoms with E-state index >= 15 is 0 Å². The molecule has 1 amide bonds. The first-order valence-electron chi connectivity index (χ1n) is 9.29. The van der Waals surface area contributed by atoms with Crippen molar-refractivity contribution >= 4 is 17.2 Å². The zero-order chi connectivity index (χ0) is 20.4. The van der Waals surface area contributed by atoms with E-state index in [1.807, 2.05) is 30.5 Å². The Morgan fingerprint density at radius 3 is 2.86 bits per heavy atom. The lowest BCUT2D eigenvalue weighted by Gasteiger charge is -2.11. The molecule has 8 heteroatoms. The molecule has 0 saturated carbocycles. The maximum Gasteiger partial charge on any atom is 0.263 e. The molecule has 0 atom stereocenters. The summed E-state index contributed by atoms with van der Waals surface area (Å²) in [5, 5.41) is 5.79. The minimum Gasteiger partial charge on any atom is -0.454 e. The first kappa shape index (κ1) is 19.2. The van der Waals surface area contributed by atoms with Crippen LogP contribution in [0.5, 0.6) is 11.5 Å². The van der Waals surface area contributed by atoms with Gasteiger partial charge in [-0.3, -0.25) is 9.59 Å². The third kappa shape index (κ3) is 4.17. The summed E-state index contributed by atoms with van der Waals surface area (Å²) >= 11 is 1.57. The number of nitrogens with zero attached hydrogens (tertiary/aromatic N) is 2. The SMILES string of the molecule is Cc1csc(CCNC(=O)c2c(C)ccn(Cc3ccc4c(c3)OCO4)c2=O)n1. The Hall–Kier alpha value is -3.13. The van der Waals surface area contributed by atoms with Crippen molar-refractivity contribution in [3.8, 4) is 11.5 Å². The van der Waals surface area contributed by atoms with Crippen molar-refractivity contribution in [1.82, 2.24) is 14.9 Å². The molecule has 3 heterocycles. The third-order valence-electron chi connectivity index (χ3n) is 4.68. The molecule has 0 fully saturated rings. The first-order chi connectivity index (χ1) is 14.0. The third-order valence-corrected chi connectivity index (χ3v) is 5.71. The number of amides is 1. The van der Waals surface area contributed by atoms with Gasteiger partial charge in [-0.25, -0.2) is 4.98 Å². The second kappa shape index (κ2) is 8.08. The van der Waals surface area contributed by atoms with Crippen LogP contribution in [0.4, 0.5) is 0 Å². The van der Waals surface area contributed by atoms with Gasteiger partial charge in [0.05, 0.1) is 11.6 Å². The lowest BCUT2D eigenvalue weighted by atomic mass is 10.1. The van der Waals surface area contributed by atoms with E-state index in [1.54, 1.807) is 30.5 Å². The number of hydrogen-bond donors (Lipinski definition) is 1. The number of pyridine rings is 1. The van der Waals surface area contributed by atoms with Crippen LogP contribution < -0.4 is 20.3 Å². The van der Waals surface area contributed by atoms with E-state index in [2.05, 4.69) is 10.3 Å². The van der Waals surface area contributed by atoms with E-state index < -0.39 is 0 Å². The number of fused-ring (bicyclic) bond motifs is 1. The predicted octanol–water partition coefficient (Wildman–Crippen LogP) is 2.67. The highest BCUT2D eigenvalue weighted by Crippen LogP contribution is 2.32. The summed E-state index contributed by atoms with van der Waals surface area (Å²) in [5.74, 6) is 0.999. The summed E-state index contributed by atoms with van der Waals surface area (Å²) in [6.45, 7) is 4.68. The van der Waals surface area contributed by atoms with Gasteiger partial charge in [-0.15, -0.1) is 11.3 Å². The molecule has 1 aliphatic rings. The molecule has 150 valence electrons. The Morgan fingerprint density at radius 1 is 1.24 bits per heavy atom. The highest BCUT2D eigenvalue weighted by molar-refractivity contribution is 7.09. The zero-order valence-electron chi connectivity index (χ0n) is 16.2. The lowest BCUT2D eigenvalue weighted by molar-refractivity contribution is 0.0951. The van der Waals surface area contributed by atoms with Crippen molar-refractivity contribution in [1.29, 1.82) is 0 Å². The van der Waals surface area contributed by atoms with E-state index in [0.29, 0.717) is 36.6 Å². The highest BCUT2D eigenvalue weighted by atomic mass is 32.1. The molecule has 3 aromatic rings. The maximum absolute atomic E-state index is 12.9. The van der Waals surface area contributed by atoms with Gasteiger partial charge in [0.1, 0.15) is 5.56 Å². The van der Waals surface area contributed by atoms with Crippen LogP contribution in [0.1, 0.15) is 32.2 Å². The second-order valence-corrected chi connectivity index (χ2v) is 7.83. The van der Waals surface area contributed by atoms with Gasteiger partial charge in [0.2, 0.25) is 6.79 Å². The molecule has 29 heavy (non-hydrogen) atoms. The molecular formula is C21H21N3O4S. The molecule has 0 saturated heterocycles. The molecule has 1 aliphatic heterocycles. The Kier molecular flexibility index (Phi) is 5.35. The molecule has 0 bridgehead atoms. The normalized spacial score (nSPS) is 12.2. The molecule has 0 radical (unpaired) electrons. The number of benzene rings is 1. The monoisotopic (exact) mass is 411 g/mol. The summed E-state index contributed by atoms with van der Waals surface area (Å²) in [6, 6.07) is 7.35. The van der Waals surface area contributed by atoms with Crippen molar-refractivity contribution in [2.45, 2.75) is 26.8 Å². The molecule has 1 aromatic carbocycles. The van der Waals surface area contributed by atoms with Gasteiger partial charge in [-0.2, -0.15) is 0 Å². The van der Waals surface area contributed by atoms with Crippen LogP contribution in [0.3, 0.4) is 0 Å². The van der Waals surface area contributed by atoms with Gasteiger partial charge >= 0.3 is 0 Å². The summed E-state index contributed by atoms with van der Waals surface area (Å²) in [7, 11) is 0. The first-order valence-corrected chi connectivity index (χ1v) is 10.2. The standard InChI is InChI=1S/C21H21N3O4S/c1-13-6-8-24(10-15-3-4-16-17(9-15)28-12-27-16)21(26)19(13)20(25)22-7-5-18-23-14(2)11-29-18/h3-4,6,8-9,11H,5,7,10,12H2,1-2H3,(H,22,25). The summed E-state index contributed by atoms with van der Waals surface area (Å²) < 4.78 is 12.2. The number of rotatable bonds is 6. The van der Waals surface area contributed by atoms with Gasteiger partial charge in [0.25, 0.3) is 11.5 Å². The quantitative estimate of drug-likeness (QED) is 0.674. The molecule has 0 unspecified atom stereocenters. The Balaban J connectivity index is 1.48. The van der Waals surface area contributed by atoms with Gasteiger partial charge in [0, 0.05) is 30.2 Å². The van der Waals surface area contributed by atoms with Crippen molar-refractivity contribution < 1.29 is 14.3 Å².